The molecule has 0 radical (unpaired) electrons. The zero-order valence-electron chi connectivity index (χ0n) is 8.99. The first kappa shape index (κ1) is 12.0. The molecule has 0 fully saturated rings. The van der Waals surface area contributed by atoms with Gasteiger partial charge in [0, 0.05) is 5.69 Å². The SMILES string of the molecule is CCCSc1cc(C(=O)O)cc(CC)n1. The van der Waals surface area contributed by atoms with Crippen LogP contribution < -0.4 is 0 Å². The molecule has 0 saturated heterocycles. The number of aromatic carboxylic acids is 1. The Kier molecular flexibility index (Phi) is 4.62. The number of rotatable bonds is 5. The Balaban J connectivity index is 2.95. The summed E-state index contributed by atoms with van der Waals surface area (Å²) in [5.41, 5.74) is 1.17. The minimum atomic E-state index is -0.884. The van der Waals surface area contributed by atoms with Crippen molar-refractivity contribution in [1.29, 1.82) is 0 Å². The molecule has 1 aromatic heterocycles. The van der Waals surface area contributed by atoms with E-state index in [2.05, 4.69) is 11.9 Å². The molecule has 0 aliphatic heterocycles. The maximum absolute atomic E-state index is 10.9. The van der Waals surface area contributed by atoms with E-state index in [1.807, 2.05) is 6.92 Å². The maximum Gasteiger partial charge on any atom is 0.335 e. The van der Waals surface area contributed by atoms with Gasteiger partial charge in [-0.3, -0.25) is 0 Å². The quantitative estimate of drug-likeness (QED) is 0.783. The van der Waals surface area contributed by atoms with Crippen molar-refractivity contribution < 1.29 is 9.90 Å². The zero-order chi connectivity index (χ0) is 11.3. The molecule has 0 saturated carbocycles. The molecule has 82 valence electrons. The molecule has 0 unspecified atom stereocenters. The van der Waals surface area contributed by atoms with E-state index in [1.54, 1.807) is 23.9 Å². The first-order valence-corrected chi connectivity index (χ1v) is 6.03. The molecule has 0 bridgehead atoms. The molecule has 15 heavy (non-hydrogen) atoms. The van der Waals surface area contributed by atoms with Gasteiger partial charge in [0.1, 0.15) is 0 Å². The molecule has 0 aliphatic rings. The standard InChI is InChI=1S/C11H15NO2S/c1-3-5-15-10-7-8(11(13)14)6-9(4-2)12-10/h6-7H,3-5H2,1-2H3,(H,13,14). The summed E-state index contributed by atoms with van der Waals surface area (Å²) < 4.78 is 0. The fraction of sp³-hybridized carbons (Fsp3) is 0.455. The summed E-state index contributed by atoms with van der Waals surface area (Å²) in [4.78, 5) is 15.2. The summed E-state index contributed by atoms with van der Waals surface area (Å²) in [6.07, 6.45) is 1.83. The predicted octanol–water partition coefficient (Wildman–Crippen LogP) is 2.84. The van der Waals surface area contributed by atoms with Gasteiger partial charge in [-0.05, 0) is 30.7 Å². The van der Waals surface area contributed by atoms with Crippen LogP contribution in [0.4, 0.5) is 0 Å². The van der Waals surface area contributed by atoms with Crippen LogP contribution in [0.3, 0.4) is 0 Å². The lowest BCUT2D eigenvalue weighted by atomic mass is 10.2. The minimum absolute atomic E-state index is 0.334. The number of carboxylic acid groups (broad SMARTS) is 1. The molecule has 4 heteroatoms. The topological polar surface area (TPSA) is 50.2 Å². The molecule has 0 atom stereocenters. The van der Waals surface area contributed by atoms with Crippen molar-refractivity contribution in [1.82, 2.24) is 4.98 Å². The summed E-state index contributed by atoms with van der Waals surface area (Å²) in [5.74, 6) is 0.0876. The molecule has 1 aromatic rings. The summed E-state index contributed by atoms with van der Waals surface area (Å²) in [5, 5.41) is 9.73. The molecule has 0 amide bonds. The second-order valence-corrected chi connectivity index (χ2v) is 4.31. The highest BCUT2D eigenvalue weighted by Crippen LogP contribution is 2.19. The van der Waals surface area contributed by atoms with Crippen LogP contribution in [0.2, 0.25) is 0 Å². The van der Waals surface area contributed by atoms with Crippen molar-refractivity contribution >= 4 is 17.7 Å². The molecule has 0 spiro atoms. The largest absolute Gasteiger partial charge is 0.478 e. The second-order valence-electron chi connectivity index (χ2n) is 3.19. The third-order valence-electron chi connectivity index (χ3n) is 1.92. The van der Waals surface area contributed by atoms with Gasteiger partial charge < -0.3 is 5.11 Å². The van der Waals surface area contributed by atoms with Crippen molar-refractivity contribution in [2.75, 3.05) is 5.75 Å². The number of aryl methyl sites for hydroxylation is 1. The molecular formula is C11H15NO2S. The normalized spacial score (nSPS) is 10.3. The zero-order valence-corrected chi connectivity index (χ0v) is 9.80. The fourth-order valence-electron chi connectivity index (χ4n) is 1.15. The van der Waals surface area contributed by atoms with Crippen molar-refractivity contribution in [3.63, 3.8) is 0 Å². The number of nitrogens with zero attached hydrogens (tertiary/aromatic N) is 1. The van der Waals surface area contributed by atoms with Gasteiger partial charge in [0.15, 0.2) is 0 Å². The van der Waals surface area contributed by atoms with Gasteiger partial charge in [-0.15, -0.1) is 11.8 Å². The summed E-state index contributed by atoms with van der Waals surface area (Å²) in [7, 11) is 0. The van der Waals surface area contributed by atoms with Gasteiger partial charge in [0.05, 0.1) is 10.6 Å². The monoisotopic (exact) mass is 225 g/mol. The number of hydrogen-bond donors (Lipinski definition) is 1. The molecule has 1 N–H and O–H groups in total. The highest BCUT2D eigenvalue weighted by atomic mass is 32.2. The Morgan fingerprint density at radius 3 is 2.73 bits per heavy atom. The van der Waals surface area contributed by atoms with Crippen molar-refractivity contribution in [2.45, 2.75) is 31.7 Å². The lowest BCUT2D eigenvalue weighted by molar-refractivity contribution is 0.0696. The number of carbonyl (C=O) groups is 1. The summed E-state index contributed by atoms with van der Waals surface area (Å²) in [6, 6.07) is 3.28. The van der Waals surface area contributed by atoms with Gasteiger partial charge in [-0.1, -0.05) is 13.8 Å². The van der Waals surface area contributed by atoms with Crippen molar-refractivity contribution in [3.05, 3.63) is 23.4 Å². The Morgan fingerprint density at radius 1 is 1.47 bits per heavy atom. The van der Waals surface area contributed by atoms with Crippen LogP contribution in [-0.4, -0.2) is 21.8 Å². The van der Waals surface area contributed by atoms with Crippen LogP contribution in [0.1, 0.15) is 36.3 Å². The highest BCUT2D eigenvalue weighted by molar-refractivity contribution is 7.99. The van der Waals surface area contributed by atoms with E-state index in [-0.39, 0.29) is 0 Å². The average molecular weight is 225 g/mol. The Morgan fingerprint density at radius 2 is 2.20 bits per heavy atom. The lowest BCUT2D eigenvalue weighted by Crippen LogP contribution is -2.00. The second kappa shape index (κ2) is 5.75. The average Bonchev–Trinajstić information content (AvgIpc) is 2.25. The van der Waals surface area contributed by atoms with Crippen LogP contribution in [0.15, 0.2) is 17.2 Å². The first-order valence-electron chi connectivity index (χ1n) is 5.04. The minimum Gasteiger partial charge on any atom is -0.478 e. The summed E-state index contributed by atoms with van der Waals surface area (Å²) >= 11 is 1.61. The van der Waals surface area contributed by atoms with Crippen LogP contribution in [0.5, 0.6) is 0 Å². The molecule has 0 aliphatic carbocycles. The van der Waals surface area contributed by atoms with Gasteiger partial charge in [-0.25, -0.2) is 9.78 Å². The summed E-state index contributed by atoms with van der Waals surface area (Å²) in [6.45, 7) is 4.07. The number of pyridine rings is 1. The van der Waals surface area contributed by atoms with Gasteiger partial charge in [0.25, 0.3) is 0 Å². The molecule has 1 rings (SSSR count). The number of carboxylic acids is 1. The number of hydrogen-bond acceptors (Lipinski definition) is 3. The molecule has 0 aromatic carbocycles. The van der Waals surface area contributed by atoms with Crippen molar-refractivity contribution in [3.8, 4) is 0 Å². The molecule has 3 nitrogen and oxygen atoms in total. The molecule has 1 heterocycles. The third kappa shape index (κ3) is 3.55. The first-order chi connectivity index (χ1) is 7.17. The van der Waals surface area contributed by atoms with E-state index in [0.29, 0.717) is 5.56 Å². The predicted molar refractivity (Wildman–Crippen MR) is 61.6 cm³/mol. The fourth-order valence-corrected chi connectivity index (χ4v) is 1.95. The van der Waals surface area contributed by atoms with Crippen LogP contribution in [0, 0.1) is 0 Å². The van der Waals surface area contributed by atoms with E-state index in [1.165, 1.54) is 0 Å². The van der Waals surface area contributed by atoms with Crippen LogP contribution in [0.25, 0.3) is 0 Å². The van der Waals surface area contributed by atoms with E-state index < -0.39 is 5.97 Å². The Bertz CT molecular complexity index is 352. The maximum atomic E-state index is 10.9. The Labute approximate surface area is 93.9 Å². The van der Waals surface area contributed by atoms with E-state index in [0.717, 1.165) is 29.3 Å². The highest BCUT2D eigenvalue weighted by Gasteiger charge is 2.07. The van der Waals surface area contributed by atoms with Gasteiger partial charge in [0.2, 0.25) is 0 Å². The van der Waals surface area contributed by atoms with E-state index >= 15 is 0 Å². The number of aromatic nitrogens is 1. The molecular weight excluding hydrogens is 210 g/mol. The Hall–Kier alpha value is -1.03. The van der Waals surface area contributed by atoms with E-state index in [9.17, 15) is 4.79 Å². The number of thioether (sulfide) groups is 1. The van der Waals surface area contributed by atoms with E-state index in [4.69, 9.17) is 5.11 Å². The van der Waals surface area contributed by atoms with Crippen molar-refractivity contribution in [2.24, 2.45) is 0 Å². The van der Waals surface area contributed by atoms with Gasteiger partial charge >= 0.3 is 5.97 Å². The lowest BCUT2D eigenvalue weighted by Gasteiger charge is -2.04. The third-order valence-corrected chi connectivity index (χ3v) is 3.04. The smallest absolute Gasteiger partial charge is 0.335 e. The van der Waals surface area contributed by atoms with Crippen LogP contribution in [-0.2, 0) is 6.42 Å². The van der Waals surface area contributed by atoms with Crippen LogP contribution >= 0.6 is 11.8 Å². The van der Waals surface area contributed by atoms with Gasteiger partial charge in [-0.2, -0.15) is 0 Å².